The van der Waals surface area contributed by atoms with E-state index in [0.717, 1.165) is 76.6 Å². The van der Waals surface area contributed by atoms with Gasteiger partial charge in [-0.1, -0.05) is 54.1 Å². The molecule has 7 nitrogen and oxygen atoms in total. The molecule has 1 aromatic heterocycles. The standard InChI is InChI=1S/C28H40N4O3/c1-21-9-8-10-22(19-21)20-24(35-28-13-6-7-18-34-28)16-14-23-15-17-26(33)25(23)11-4-2-3-5-12-27-29-31-32-30-27/h2,4,8-10,14,16,19,23-26,28,33H,3,5-7,11-13,15,17-18,20H2,1H3,(H,29,30,31,32)/b4-2-,16-14?. The van der Waals surface area contributed by atoms with E-state index in [-0.39, 0.29) is 24.4 Å². The van der Waals surface area contributed by atoms with Crippen molar-refractivity contribution >= 4 is 0 Å². The molecule has 35 heavy (non-hydrogen) atoms. The Hall–Kier alpha value is -2.35. The molecule has 1 aliphatic heterocycles. The Morgan fingerprint density at radius 3 is 2.97 bits per heavy atom. The van der Waals surface area contributed by atoms with Gasteiger partial charge in [0.05, 0.1) is 12.2 Å². The lowest BCUT2D eigenvalue weighted by atomic mass is 9.90. The van der Waals surface area contributed by atoms with Crippen molar-refractivity contribution in [2.75, 3.05) is 6.61 Å². The van der Waals surface area contributed by atoms with Gasteiger partial charge >= 0.3 is 0 Å². The number of hydrogen-bond acceptors (Lipinski definition) is 6. The van der Waals surface area contributed by atoms with Gasteiger partial charge in [0.15, 0.2) is 6.29 Å². The molecule has 2 N–H and O–H groups in total. The molecular formula is C28H40N4O3. The van der Waals surface area contributed by atoms with Crippen LogP contribution in [-0.2, 0) is 22.3 Å². The van der Waals surface area contributed by atoms with Crippen molar-refractivity contribution in [2.24, 2.45) is 11.8 Å². The lowest BCUT2D eigenvalue weighted by Crippen LogP contribution is -2.28. The number of rotatable bonds is 12. The molecule has 4 rings (SSSR count). The maximum atomic E-state index is 10.6. The van der Waals surface area contributed by atoms with Crippen LogP contribution in [0.3, 0.4) is 0 Å². The van der Waals surface area contributed by atoms with Crippen LogP contribution < -0.4 is 0 Å². The molecule has 5 atom stereocenters. The van der Waals surface area contributed by atoms with Crippen molar-refractivity contribution in [1.29, 1.82) is 0 Å². The molecule has 2 aliphatic rings. The summed E-state index contributed by atoms with van der Waals surface area (Å²) in [5.41, 5.74) is 2.55. The summed E-state index contributed by atoms with van der Waals surface area (Å²) in [4.78, 5) is 0. The minimum atomic E-state index is -0.243. The average Bonchev–Trinajstić information content (AvgIpc) is 3.50. The maximum absolute atomic E-state index is 10.6. The van der Waals surface area contributed by atoms with Crippen molar-refractivity contribution in [3.8, 4) is 0 Å². The quantitative estimate of drug-likeness (QED) is 0.332. The Balaban J connectivity index is 1.32. The van der Waals surface area contributed by atoms with Gasteiger partial charge in [0.25, 0.3) is 0 Å². The third kappa shape index (κ3) is 8.37. The molecule has 1 saturated heterocycles. The Labute approximate surface area is 209 Å². The number of ether oxygens (including phenoxy) is 2. The fourth-order valence-corrected chi connectivity index (χ4v) is 5.20. The van der Waals surface area contributed by atoms with Crippen LogP contribution in [0.4, 0.5) is 0 Å². The number of tetrazole rings is 1. The molecule has 2 aromatic rings. The zero-order valence-corrected chi connectivity index (χ0v) is 20.9. The summed E-state index contributed by atoms with van der Waals surface area (Å²) in [5, 5.41) is 24.6. The van der Waals surface area contributed by atoms with Crippen molar-refractivity contribution in [2.45, 2.75) is 89.6 Å². The molecule has 1 aromatic carbocycles. The number of aliphatic hydroxyl groups is 1. The minimum absolute atomic E-state index is 0.0283. The fraction of sp³-hybridized carbons (Fsp3) is 0.607. The summed E-state index contributed by atoms with van der Waals surface area (Å²) in [6, 6.07) is 8.64. The number of nitrogens with one attached hydrogen (secondary N) is 1. The number of aromatic nitrogens is 4. The van der Waals surface area contributed by atoms with E-state index >= 15 is 0 Å². The molecule has 190 valence electrons. The first-order chi connectivity index (χ1) is 17.2. The van der Waals surface area contributed by atoms with Gasteiger partial charge in [0.1, 0.15) is 5.82 Å². The summed E-state index contributed by atoms with van der Waals surface area (Å²) in [6.45, 7) is 2.91. The van der Waals surface area contributed by atoms with Crippen molar-refractivity contribution in [3.05, 3.63) is 65.5 Å². The second-order valence-corrected chi connectivity index (χ2v) is 9.97. The highest BCUT2D eigenvalue weighted by atomic mass is 16.7. The van der Waals surface area contributed by atoms with E-state index in [4.69, 9.17) is 9.47 Å². The number of H-pyrrole nitrogens is 1. The summed E-state index contributed by atoms with van der Waals surface area (Å²) in [7, 11) is 0. The molecule has 0 radical (unpaired) electrons. The van der Waals surface area contributed by atoms with Crippen LogP contribution in [0.5, 0.6) is 0 Å². The number of aromatic amines is 1. The number of benzene rings is 1. The summed E-state index contributed by atoms with van der Waals surface area (Å²) in [5.74, 6) is 1.45. The zero-order valence-electron chi connectivity index (χ0n) is 20.9. The summed E-state index contributed by atoms with van der Waals surface area (Å²) < 4.78 is 12.3. The molecule has 0 amide bonds. The molecule has 1 aliphatic carbocycles. The predicted molar refractivity (Wildman–Crippen MR) is 136 cm³/mol. The third-order valence-corrected chi connectivity index (χ3v) is 7.15. The van der Waals surface area contributed by atoms with E-state index in [1.165, 1.54) is 11.1 Å². The number of aryl methyl sites for hydroxylation is 2. The lowest BCUT2D eigenvalue weighted by molar-refractivity contribution is -0.178. The van der Waals surface area contributed by atoms with E-state index < -0.39 is 0 Å². The monoisotopic (exact) mass is 480 g/mol. The summed E-state index contributed by atoms with van der Waals surface area (Å²) >= 11 is 0. The molecular weight excluding hydrogens is 440 g/mol. The average molecular weight is 481 g/mol. The second-order valence-electron chi connectivity index (χ2n) is 9.97. The van der Waals surface area contributed by atoms with Crippen molar-refractivity contribution in [1.82, 2.24) is 20.6 Å². The number of nitrogens with zero attached hydrogens (tertiary/aromatic N) is 3. The molecule has 1 saturated carbocycles. The third-order valence-electron chi connectivity index (χ3n) is 7.15. The topological polar surface area (TPSA) is 93.2 Å². The molecule has 7 heteroatoms. The van der Waals surface area contributed by atoms with Crippen LogP contribution in [-0.4, -0.2) is 50.8 Å². The fourth-order valence-electron chi connectivity index (χ4n) is 5.20. The molecule has 2 fully saturated rings. The molecule has 2 heterocycles. The number of aliphatic hydroxyl groups excluding tert-OH is 1. The van der Waals surface area contributed by atoms with Gasteiger partial charge < -0.3 is 14.6 Å². The number of hydrogen-bond donors (Lipinski definition) is 2. The van der Waals surface area contributed by atoms with E-state index in [2.05, 4.69) is 76.1 Å². The zero-order chi connectivity index (χ0) is 24.3. The van der Waals surface area contributed by atoms with Crippen LogP contribution >= 0.6 is 0 Å². The van der Waals surface area contributed by atoms with E-state index in [0.29, 0.717) is 5.92 Å². The first-order valence-corrected chi connectivity index (χ1v) is 13.2. The Bertz CT molecular complexity index is 924. The van der Waals surface area contributed by atoms with Crippen LogP contribution in [0.2, 0.25) is 0 Å². The lowest BCUT2D eigenvalue weighted by Gasteiger charge is -2.27. The van der Waals surface area contributed by atoms with Crippen LogP contribution in [0, 0.1) is 18.8 Å². The normalized spacial score (nSPS) is 26.1. The SMILES string of the molecule is Cc1cccc(CC(C=CC2CCC(O)C2C/C=C\CCCc2nnn[nH]2)OC2CCCCO2)c1. The Morgan fingerprint density at radius 1 is 1.23 bits per heavy atom. The van der Waals surface area contributed by atoms with Crippen LogP contribution in [0.1, 0.15) is 68.3 Å². The highest BCUT2D eigenvalue weighted by Crippen LogP contribution is 2.36. The first-order valence-electron chi connectivity index (χ1n) is 13.2. The van der Waals surface area contributed by atoms with Crippen LogP contribution in [0.25, 0.3) is 0 Å². The minimum Gasteiger partial charge on any atom is -0.393 e. The van der Waals surface area contributed by atoms with E-state index in [1.807, 2.05) is 0 Å². The van der Waals surface area contributed by atoms with Gasteiger partial charge in [-0.15, -0.1) is 5.10 Å². The smallest absolute Gasteiger partial charge is 0.158 e. The van der Waals surface area contributed by atoms with Crippen LogP contribution in [0.15, 0.2) is 48.6 Å². The first kappa shape index (κ1) is 25.7. The molecule has 0 spiro atoms. The Morgan fingerprint density at radius 2 is 2.17 bits per heavy atom. The number of unbranched alkanes of at least 4 members (excludes halogenated alkanes) is 1. The van der Waals surface area contributed by atoms with Gasteiger partial charge in [-0.3, -0.25) is 0 Å². The van der Waals surface area contributed by atoms with Gasteiger partial charge in [0, 0.05) is 19.4 Å². The predicted octanol–water partition coefficient (Wildman–Crippen LogP) is 4.87. The largest absolute Gasteiger partial charge is 0.393 e. The van der Waals surface area contributed by atoms with E-state index in [1.54, 1.807) is 0 Å². The molecule has 0 bridgehead atoms. The maximum Gasteiger partial charge on any atom is 0.158 e. The highest BCUT2D eigenvalue weighted by Gasteiger charge is 2.32. The number of allylic oxidation sites excluding steroid dienone is 3. The van der Waals surface area contributed by atoms with Gasteiger partial charge in [-0.25, -0.2) is 5.10 Å². The van der Waals surface area contributed by atoms with Gasteiger partial charge in [-0.05, 0) is 86.1 Å². The van der Waals surface area contributed by atoms with Gasteiger partial charge in [-0.2, -0.15) is 0 Å². The Kier molecular flexibility index (Phi) is 10.0. The summed E-state index contributed by atoms with van der Waals surface area (Å²) in [6.07, 6.45) is 18.3. The molecule has 5 unspecified atom stereocenters. The van der Waals surface area contributed by atoms with Crippen molar-refractivity contribution < 1.29 is 14.6 Å². The van der Waals surface area contributed by atoms with Crippen molar-refractivity contribution in [3.63, 3.8) is 0 Å². The van der Waals surface area contributed by atoms with Gasteiger partial charge in [0.2, 0.25) is 0 Å². The second kappa shape index (κ2) is 13.7. The highest BCUT2D eigenvalue weighted by molar-refractivity contribution is 5.23. The van der Waals surface area contributed by atoms with E-state index in [9.17, 15) is 5.11 Å².